The smallest absolute Gasteiger partial charge is 0.0615 e. The first-order chi connectivity index (χ1) is 8.75. The number of halogens is 1. The molecule has 1 fully saturated rings. The summed E-state index contributed by atoms with van der Waals surface area (Å²) in [6.07, 6.45) is 13.9. The molecule has 0 aliphatic carbocycles. The Bertz CT molecular complexity index is 207. The first kappa shape index (κ1) is 16.3. The summed E-state index contributed by atoms with van der Waals surface area (Å²) < 4.78 is 5.70. The predicted molar refractivity (Wildman–Crippen MR) is 80.4 cm³/mol. The van der Waals surface area contributed by atoms with Crippen molar-refractivity contribution in [3.05, 3.63) is 0 Å². The maximum absolute atomic E-state index is 6.18. The van der Waals surface area contributed by atoms with Crippen molar-refractivity contribution in [1.29, 1.82) is 0 Å². The number of rotatable bonds is 10. The lowest BCUT2D eigenvalue weighted by Gasteiger charge is -2.29. The third kappa shape index (κ3) is 5.09. The summed E-state index contributed by atoms with van der Waals surface area (Å²) in [6.45, 7) is 5.38. The fraction of sp³-hybridized carbons (Fsp3) is 1.00. The molecule has 18 heavy (non-hydrogen) atoms. The average Bonchev–Trinajstić information content (AvgIpc) is 2.75. The Morgan fingerprint density at radius 2 is 1.67 bits per heavy atom. The minimum atomic E-state index is 0.282. The highest BCUT2D eigenvalue weighted by Gasteiger charge is 2.39. The first-order valence-corrected chi connectivity index (χ1v) is 8.46. The number of unbranched alkanes of at least 4 members (excludes halogenated alkanes) is 7. The van der Waals surface area contributed by atoms with Crippen LogP contribution in [0.15, 0.2) is 0 Å². The van der Waals surface area contributed by atoms with Crippen LogP contribution >= 0.6 is 11.6 Å². The van der Waals surface area contributed by atoms with Gasteiger partial charge in [-0.3, -0.25) is 0 Å². The first-order valence-electron chi connectivity index (χ1n) is 7.93. The van der Waals surface area contributed by atoms with E-state index in [1.165, 1.54) is 57.8 Å². The Labute approximate surface area is 119 Å². The standard InChI is InChI=1S/C16H31ClO/c1-3-4-5-6-7-8-9-10-11-16(14-17)12-13-18-15(16)2/h15H,3-14H2,1-2H3. The molecule has 1 heterocycles. The van der Waals surface area contributed by atoms with Crippen molar-refractivity contribution in [2.75, 3.05) is 12.5 Å². The molecule has 0 N–H and O–H groups in total. The molecular formula is C16H31ClO. The highest BCUT2D eigenvalue weighted by molar-refractivity contribution is 6.18. The van der Waals surface area contributed by atoms with Gasteiger partial charge in [0.2, 0.25) is 0 Å². The van der Waals surface area contributed by atoms with E-state index in [0.717, 1.165) is 18.9 Å². The van der Waals surface area contributed by atoms with E-state index in [1.54, 1.807) is 0 Å². The van der Waals surface area contributed by atoms with Crippen molar-refractivity contribution in [2.24, 2.45) is 5.41 Å². The lowest BCUT2D eigenvalue weighted by Crippen LogP contribution is -2.30. The zero-order valence-corrected chi connectivity index (χ0v) is 13.1. The molecule has 0 radical (unpaired) electrons. The largest absolute Gasteiger partial charge is 0.378 e. The molecule has 0 aromatic heterocycles. The molecule has 1 nitrogen and oxygen atoms in total. The van der Waals surface area contributed by atoms with Gasteiger partial charge in [0.25, 0.3) is 0 Å². The van der Waals surface area contributed by atoms with Crippen LogP contribution in [-0.2, 0) is 4.74 Å². The molecule has 2 heteroatoms. The second kappa shape index (κ2) is 9.20. The van der Waals surface area contributed by atoms with Gasteiger partial charge in [0.1, 0.15) is 0 Å². The molecule has 0 saturated carbocycles. The van der Waals surface area contributed by atoms with Crippen LogP contribution in [0.4, 0.5) is 0 Å². The van der Waals surface area contributed by atoms with E-state index in [2.05, 4.69) is 13.8 Å². The fourth-order valence-electron chi connectivity index (χ4n) is 3.00. The van der Waals surface area contributed by atoms with E-state index in [-0.39, 0.29) is 5.41 Å². The van der Waals surface area contributed by atoms with Gasteiger partial charge >= 0.3 is 0 Å². The zero-order valence-electron chi connectivity index (χ0n) is 12.3. The fourth-order valence-corrected chi connectivity index (χ4v) is 3.49. The lowest BCUT2D eigenvalue weighted by atomic mass is 9.79. The van der Waals surface area contributed by atoms with Crippen LogP contribution in [0.25, 0.3) is 0 Å². The third-order valence-electron chi connectivity index (χ3n) is 4.62. The minimum Gasteiger partial charge on any atom is -0.378 e. The molecule has 0 amide bonds. The molecule has 1 aliphatic heterocycles. The van der Waals surface area contributed by atoms with Crippen LogP contribution in [0.1, 0.15) is 78.1 Å². The summed E-state index contributed by atoms with van der Waals surface area (Å²) in [5, 5.41) is 0. The van der Waals surface area contributed by atoms with Gasteiger partial charge in [-0.25, -0.2) is 0 Å². The number of hydrogen-bond acceptors (Lipinski definition) is 1. The van der Waals surface area contributed by atoms with Gasteiger partial charge in [0.05, 0.1) is 6.10 Å². The van der Waals surface area contributed by atoms with Gasteiger partial charge in [-0.15, -0.1) is 11.6 Å². The summed E-state index contributed by atoms with van der Waals surface area (Å²) in [6, 6.07) is 0. The molecule has 0 aromatic carbocycles. The van der Waals surface area contributed by atoms with Crippen LogP contribution in [0.5, 0.6) is 0 Å². The summed E-state index contributed by atoms with van der Waals surface area (Å²) >= 11 is 6.18. The third-order valence-corrected chi connectivity index (χ3v) is 5.16. The second-order valence-corrected chi connectivity index (χ2v) is 6.25. The second-order valence-electron chi connectivity index (χ2n) is 5.98. The summed E-state index contributed by atoms with van der Waals surface area (Å²) in [7, 11) is 0. The van der Waals surface area contributed by atoms with E-state index < -0.39 is 0 Å². The Morgan fingerprint density at radius 1 is 1.06 bits per heavy atom. The SMILES string of the molecule is CCCCCCCCCCC1(CCl)CCOC1C. The van der Waals surface area contributed by atoms with Gasteiger partial charge in [0.15, 0.2) is 0 Å². The molecule has 1 rings (SSSR count). The van der Waals surface area contributed by atoms with Crippen LogP contribution in [0.2, 0.25) is 0 Å². The summed E-state index contributed by atoms with van der Waals surface area (Å²) in [4.78, 5) is 0. The van der Waals surface area contributed by atoms with Crippen molar-refractivity contribution in [3.63, 3.8) is 0 Å². The van der Waals surface area contributed by atoms with E-state index in [4.69, 9.17) is 16.3 Å². The van der Waals surface area contributed by atoms with Gasteiger partial charge in [-0.1, -0.05) is 58.3 Å². The summed E-state index contributed by atoms with van der Waals surface area (Å²) in [5.41, 5.74) is 0.282. The molecule has 2 unspecified atom stereocenters. The van der Waals surface area contributed by atoms with Gasteiger partial charge in [-0.05, 0) is 19.8 Å². The van der Waals surface area contributed by atoms with E-state index in [9.17, 15) is 0 Å². The Morgan fingerprint density at radius 3 is 2.17 bits per heavy atom. The quantitative estimate of drug-likeness (QED) is 0.375. The minimum absolute atomic E-state index is 0.282. The molecule has 0 bridgehead atoms. The highest BCUT2D eigenvalue weighted by Crippen LogP contribution is 2.40. The Balaban J connectivity index is 2.03. The molecule has 0 aromatic rings. The van der Waals surface area contributed by atoms with Crippen LogP contribution in [0, 0.1) is 5.41 Å². The molecule has 108 valence electrons. The number of ether oxygens (including phenoxy) is 1. The molecule has 1 aliphatic rings. The highest BCUT2D eigenvalue weighted by atomic mass is 35.5. The maximum atomic E-state index is 6.18. The molecular weight excluding hydrogens is 244 g/mol. The van der Waals surface area contributed by atoms with Crippen molar-refractivity contribution in [3.8, 4) is 0 Å². The summed E-state index contributed by atoms with van der Waals surface area (Å²) in [5.74, 6) is 0.769. The molecule has 0 spiro atoms. The number of hydrogen-bond donors (Lipinski definition) is 0. The molecule has 1 saturated heterocycles. The van der Waals surface area contributed by atoms with Crippen molar-refractivity contribution >= 4 is 11.6 Å². The number of alkyl halides is 1. The monoisotopic (exact) mass is 274 g/mol. The van der Waals surface area contributed by atoms with Gasteiger partial charge in [0, 0.05) is 17.9 Å². The van der Waals surface area contributed by atoms with Crippen LogP contribution in [-0.4, -0.2) is 18.6 Å². The van der Waals surface area contributed by atoms with Gasteiger partial charge < -0.3 is 4.74 Å². The normalized spacial score (nSPS) is 27.8. The predicted octanol–water partition coefficient (Wildman–Crippen LogP) is 5.55. The van der Waals surface area contributed by atoms with Crippen LogP contribution < -0.4 is 0 Å². The van der Waals surface area contributed by atoms with Crippen molar-refractivity contribution < 1.29 is 4.74 Å². The Kier molecular flexibility index (Phi) is 8.33. The van der Waals surface area contributed by atoms with Crippen molar-refractivity contribution in [1.82, 2.24) is 0 Å². The van der Waals surface area contributed by atoms with E-state index >= 15 is 0 Å². The van der Waals surface area contributed by atoms with E-state index in [0.29, 0.717) is 6.10 Å². The van der Waals surface area contributed by atoms with Gasteiger partial charge in [-0.2, -0.15) is 0 Å². The Hall–Kier alpha value is 0.250. The lowest BCUT2D eigenvalue weighted by molar-refractivity contribution is 0.0682. The average molecular weight is 275 g/mol. The topological polar surface area (TPSA) is 9.23 Å². The van der Waals surface area contributed by atoms with E-state index in [1.807, 2.05) is 0 Å². The van der Waals surface area contributed by atoms with Crippen LogP contribution in [0.3, 0.4) is 0 Å². The molecule has 2 atom stereocenters. The maximum Gasteiger partial charge on any atom is 0.0615 e. The zero-order chi connectivity index (χ0) is 13.3. The van der Waals surface area contributed by atoms with Crippen molar-refractivity contribution in [2.45, 2.75) is 84.2 Å².